The summed E-state index contributed by atoms with van der Waals surface area (Å²) in [6, 6.07) is 9.02. The Balaban J connectivity index is 2.55. The van der Waals surface area contributed by atoms with Crippen LogP contribution >= 0.6 is 15.9 Å². The van der Waals surface area contributed by atoms with Crippen LogP contribution in [0.25, 0.3) is 0 Å². The van der Waals surface area contributed by atoms with Crippen molar-refractivity contribution in [1.29, 1.82) is 0 Å². The number of hydrogen-bond acceptors (Lipinski definition) is 2. The summed E-state index contributed by atoms with van der Waals surface area (Å²) >= 11 is 3.05. The van der Waals surface area contributed by atoms with Gasteiger partial charge >= 0.3 is 6.09 Å². The molecule has 1 atom stereocenters. The van der Waals surface area contributed by atoms with Crippen LogP contribution in [-0.2, 0) is 11.2 Å². The van der Waals surface area contributed by atoms with E-state index in [9.17, 15) is 9.59 Å². The van der Waals surface area contributed by atoms with E-state index in [0.29, 0.717) is 12.8 Å². The first kappa shape index (κ1) is 13.7. The minimum absolute atomic E-state index is 0.150. The predicted molar refractivity (Wildman–Crippen MR) is 68.5 cm³/mol. The average Bonchev–Trinajstić information content (AvgIpc) is 2.34. The summed E-state index contributed by atoms with van der Waals surface area (Å²) in [4.78, 5) is 22.1. The van der Waals surface area contributed by atoms with E-state index in [2.05, 4.69) is 21.2 Å². The molecule has 1 aromatic rings. The Labute approximate surface area is 108 Å². The molecule has 1 amide bonds. The summed E-state index contributed by atoms with van der Waals surface area (Å²) in [6.45, 7) is 0. The zero-order valence-corrected chi connectivity index (χ0v) is 10.8. The lowest BCUT2D eigenvalue weighted by Gasteiger charge is -2.14. The summed E-state index contributed by atoms with van der Waals surface area (Å²) in [5.74, 6) is -0.150. The van der Waals surface area contributed by atoms with Gasteiger partial charge in [0.1, 0.15) is 0 Å². The third-order valence-electron chi connectivity index (χ3n) is 2.38. The summed E-state index contributed by atoms with van der Waals surface area (Å²) < 4.78 is 0. The summed E-state index contributed by atoms with van der Waals surface area (Å²) in [6.07, 6.45) is -0.0250. The van der Waals surface area contributed by atoms with Gasteiger partial charge in [-0.05, 0) is 18.4 Å². The highest BCUT2D eigenvalue weighted by Gasteiger charge is 2.18. The van der Waals surface area contributed by atoms with E-state index in [0.717, 1.165) is 5.56 Å². The smallest absolute Gasteiger partial charge is 0.405 e. The molecule has 0 spiro atoms. The van der Waals surface area contributed by atoms with E-state index < -0.39 is 12.1 Å². The fourth-order valence-electron chi connectivity index (χ4n) is 1.51. The fourth-order valence-corrected chi connectivity index (χ4v) is 1.90. The number of Topliss-reactive ketones (excluding diaryl/α,β-unsaturated/α-hetero) is 1. The molecule has 92 valence electrons. The molecule has 1 aromatic carbocycles. The van der Waals surface area contributed by atoms with Crippen LogP contribution in [0.3, 0.4) is 0 Å². The van der Waals surface area contributed by atoms with Gasteiger partial charge in [0.15, 0.2) is 5.78 Å². The zero-order valence-electron chi connectivity index (χ0n) is 9.23. The summed E-state index contributed by atoms with van der Waals surface area (Å²) in [5, 5.41) is 11.0. The monoisotopic (exact) mass is 299 g/mol. The Bertz CT molecular complexity index is 381. The Kier molecular flexibility index (Phi) is 5.69. The third-order valence-corrected chi connectivity index (χ3v) is 2.94. The molecule has 5 heteroatoms. The van der Waals surface area contributed by atoms with Crippen LogP contribution in [0.2, 0.25) is 0 Å². The third kappa shape index (κ3) is 4.99. The minimum atomic E-state index is -1.17. The number of rotatable bonds is 6. The number of halogens is 1. The number of carbonyl (C=O) groups excluding carboxylic acids is 1. The van der Waals surface area contributed by atoms with Gasteiger partial charge < -0.3 is 10.4 Å². The van der Waals surface area contributed by atoms with E-state index >= 15 is 0 Å². The second-order valence-electron chi connectivity index (χ2n) is 3.63. The Morgan fingerprint density at radius 2 is 1.94 bits per heavy atom. The van der Waals surface area contributed by atoms with Crippen molar-refractivity contribution in [1.82, 2.24) is 5.32 Å². The molecule has 0 aliphatic rings. The van der Waals surface area contributed by atoms with E-state index in [4.69, 9.17) is 5.11 Å². The maximum atomic E-state index is 11.5. The molecule has 0 bridgehead atoms. The van der Waals surface area contributed by atoms with Crippen LogP contribution in [0.5, 0.6) is 0 Å². The van der Waals surface area contributed by atoms with Crippen molar-refractivity contribution in [3.8, 4) is 0 Å². The first-order chi connectivity index (χ1) is 8.13. The summed E-state index contributed by atoms with van der Waals surface area (Å²) in [5.41, 5.74) is 1.09. The van der Waals surface area contributed by atoms with Gasteiger partial charge in [-0.3, -0.25) is 4.79 Å². The van der Waals surface area contributed by atoms with Crippen LogP contribution < -0.4 is 5.32 Å². The minimum Gasteiger partial charge on any atom is -0.465 e. The lowest BCUT2D eigenvalue weighted by molar-refractivity contribution is -0.118. The number of nitrogens with one attached hydrogen (secondary N) is 1. The molecule has 0 aliphatic heterocycles. The second-order valence-corrected chi connectivity index (χ2v) is 4.19. The number of carboxylic acid groups (broad SMARTS) is 1. The van der Waals surface area contributed by atoms with Crippen molar-refractivity contribution in [2.75, 3.05) is 5.33 Å². The maximum absolute atomic E-state index is 11.5. The molecular formula is C12H14BrNO3. The van der Waals surface area contributed by atoms with E-state index in [-0.39, 0.29) is 11.1 Å². The van der Waals surface area contributed by atoms with Crippen LogP contribution in [0.1, 0.15) is 12.0 Å². The SMILES string of the molecule is O=C(O)N[C@@H](CCc1ccccc1)C(=O)CBr. The molecule has 0 unspecified atom stereocenters. The molecule has 0 saturated carbocycles. The lowest BCUT2D eigenvalue weighted by atomic mass is 10.0. The Morgan fingerprint density at radius 3 is 2.47 bits per heavy atom. The standard InChI is InChI=1S/C12H14BrNO3/c13-8-11(15)10(14-12(16)17)7-6-9-4-2-1-3-5-9/h1-5,10,14H,6-8H2,(H,16,17)/t10-/m0/s1. The first-order valence-electron chi connectivity index (χ1n) is 5.25. The summed E-state index contributed by atoms with van der Waals surface area (Å²) in [7, 11) is 0. The van der Waals surface area contributed by atoms with Gasteiger partial charge in [0.25, 0.3) is 0 Å². The number of hydrogen-bond donors (Lipinski definition) is 2. The highest BCUT2D eigenvalue weighted by molar-refractivity contribution is 9.09. The van der Waals surface area contributed by atoms with Crippen LogP contribution in [0, 0.1) is 0 Å². The highest BCUT2D eigenvalue weighted by Crippen LogP contribution is 2.06. The van der Waals surface area contributed by atoms with E-state index in [1.807, 2.05) is 30.3 Å². The topological polar surface area (TPSA) is 66.4 Å². The zero-order chi connectivity index (χ0) is 12.7. The number of alkyl halides is 1. The lowest BCUT2D eigenvalue weighted by Crippen LogP contribution is -2.41. The van der Waals surface area contributed by atoms with Crippen LogP contribution in [0.4, 0.5) is 4.79 Å². The molecule has 17 heavy (non-hydrogen) atoms. The normalized spacial score (nSPS) is 11.8. The van der Waals surface area contributed by atoms with Gasteiger partial charge in [-0.15, -0.1) is 0 Å². The van der Waals surface area contributed by atoms with Gasteiger partial charge in [-0.25, -0.2) is 4.79 Å². The molecule has 1 rings (SSSR count). The average molecular weight is 300 g/mol. The quantitative estimate of drug-likeness (QED) is 0.792. The second kappa shape index (κ2) is 7.06. The number of amides is 1. The van der Waals surface area contributed by atoms with Crippen molar-refractivity contribution in [3.05, 3.63) is 35.9 Å². The molecular weight excluding hydrogens is 286 g/mol. The van der Waals surface area contributed by atoms with E-state index in [1.165, 1.54) is 0 Å². The first-order valence-corrected chi connectivity index (χ1v) is 6.37. The molecule has 4 nitrogen and oxygen atoms in total. The number of aryl methyl sites for hydroxylation is 1. The molecule has 0 heterocycles. The van der Waals surface area contributed by atoms with Crippen molar-refractivity contribution < 1.29 is 14.7 Å². The number of carbonyl (C=O) groups is 2. The van der Waals surface area contributed by atoms with E-state index in [1.54, 1.807) is 0 Å². The van der Waals surface area contributed by atoms with Crippen molar-refractivity contribution in [2.24, 2.45) is 0 Å². The van der Waals surface area contributed by atoms with Crippen LogP contribution in [0.15, 0.2) is 30.3 Å². The van der Waals surface area contributed by atoms with Crippen LogP contribution in [-0.4, -0.2) is 28.4 Å². The highest BCUT2D eigenvalue weighted by atomic mass is 79.9. The Morgan fingerprint density at radius 1 is 1.29 bits per heavy atom. The van der Waals surface area contributed by atoms with Gasteiger partial charge in [0, 0.05) is 0 Å². The van der Waals surface area contributed by atoms with Gasteiger partial charge in [0.05, 0.1) is 11.4 Å². The fraction of sp³-hybridized carbons (Fsp3) is 0.333. The van der Waals surface area contributed by atoms with Gasteiger partial charge in [-0.2, -0.15) is 0 Å². The molecule has 0 fully saturated rings. The van der Waals surface area contributed by atoms with Gasteiger partial charge in [0.2, 0.25) is 0 Å². The molecule has 0 aliphatic carbocycles. The number of benzene rings is 1. The molecule has 0 aromatic heterocycles. The molecule has 2 N–H and O–H groups in total. The predicted octanol–water partition coefficient (Wildman–Crippen LogP) is 2.22. The van der Waals surface area contributed by atoms with Gasteiger partial charge in [-0.1, -0.05) is 46.3 Å². The molecule has 0 radical (unpaired) electrons. The number of ketones is 1. The van der Waals surface area contributed by atoms with Crippen molar-refractivity contribution in [3.63, 3.8) is 0 Å². The maximum Gasteiger partial charge on any atom is 0.405 e. The molecule has 0 saturated heterocycles. The van der Waals surface area contributed by atoms with Crippen molar-refractivity contribution >= 4 is 27.8 Å². The Hall–Kier alpha value is -1.36. The largest absolute Gasteiger partial charge is 0.465 e. The van der Waals surface area contributed by atoms with Crippen molar-refractivity contribution in [2.45, 2.75) is 18.9 Å².